The van der Waals surface area contributed by atoms with Crippen molar-refractivity contribution in [1.29, 1.82) is 0 Å². The summed E-state index contributed by atoms with van der Waals surface area (Å²) >= 11 is 0. The van der Waals surface area contributed by atoms with E-state index >= 15 is 0 Å². The zero-order valence-electron chi connectivity index (χ0n) is 12.5. The monoisotopic (exact) mass is 361 g/mol. The highest BCUT2D eigenvalue weighted by atomic mass is 16.8. The van der Waals surface area contributed by atoms with Gasteiger partial charge in [0.25, 0.3) is 0 Å². The van der Waals surface area contributed by atoms with E-state index in [0.717, 1.165) is 0 Å². The Morgan fingerprint density at radius 2 is 1.25 bits per heavy atom. The molecule has 2 saturated heterocycles. The minimum absolute atomic E-state index is 0. The number of rotatable bonds is 4. The highest BCUT2D eigenvalue weighted by Crippen LogP contribution is 2.28. The maximum absolute atomic E-state index is 9.94. The molecule has 0 saturated carbocycles. The van der Waals surface area contributed by atoms with E-state index in [-0.39, 0.29) is 5.48 Å². The van der Waals surface area contributed by atoms with E-state index in [0.29, 0.717) is 0 Å². The average molecular weight is 361 g/mol. The Morgan fingerprint density at radius 3 is 1.79 bits per heavy atom. The van der Waals surface area contributed by atoms with E-state index < -0.39 is 74.6 Å². The van der Waals surface area contributed by atoms with Crippen LogP contribution in [0.3, 0.4) is 0 Å². The lowest BCUT2D eigenvalue weighted by Gasteiger charge is -2.45. The molecule has 0 radical (unpaired) electrons. The predicted molar refractivity (Wildman–Crippen MR) is 72.2 cm³/mol. The van der Waals surface area contributed by atoms with E-state index in [4.69, 9.17) is 19.3 Å². The Labute approximate surface area is 136 Å². The van der Waals surface area contributed by atoms with E-state index in [1.54, 1.807) is 0 Å². The first kappa shape index (κ1) is 21.6. The number of aliphatic hydroxyl groups excluding tert-OH is 8. The standard InChI is InChI=1S/C12H22O11.H2O/c13-1-3-5(15)6(16)9(19)12(22-3)23-10-4(2-14)21-11(20)8(18)7(10)17;/h3-20H,1-2H2;1H2/t3-,4-,5-,6+,7-,8-,9-,10-,11?,12-;/m1./s1/i11+1;. The van der Waals surface area contributed by atoms with Crippen molar-refractivity contribution in [2.75, 3.05) is 13.2 Å². The first-order valence-electron chi connectivity index (χ1n) is 7.08. The van der Waals surface area contributed by atoms with Crippen LogP contribution in [-0.4, -0.2) is 121 Å². The SMILES string of the molecule is O.OC[C@H]1O[C@H](O[C@H]2[C@H](O)[C@@H](O)[13CH](O)O[C@@H]2CO)[C@H](O)[C@@H](O)[C@@H]1O. The van der Waals surface area contributed by atoms with Gasteiger partial charge in [-0.1, -0.05) is 0 Å². The van der Waals surface area contributed by atoms with Crippen LogP contribution < -0.4 is 0 Å². The molecule has 0 aromatic carbocycles. The third kappa shape index (κ3) is 4.01. The van der Waals surface area contributed by atoms with Gasteiger partial charge < -0.3 is 60.5 Å². The molecule has 0 bridgehead atoms. The summed E-state index contributed by atoms with van der Waals surface area (Å²) in [6.45, 7) is -1.35. The van der Waals surface area contributed by atoms with E-state index in [2.05, 4.69) is 0 Å². The van der Waals surface area contributed by atoms with Crippen molar-refractivity contribution in [1.82, 2.24) is 0 Å². The fourth-order valence-electron chi connectivity index (χ4n) is 2.57. The lowest BCUT2D eigenvalue weighted by molar-refractivity contribution is -0.355. The summed E-state index contributed by atoms with van der Waals surface area (Å²) in [5.41, 5.74) is 0. The van der Waals surface area contributed by atoms with Crippen LogP contribution in [0.5, 0.6) is 0 Å². The largest absolute Gasteiger partial charge is 0.412 e. The minimum Gasteiger partial charge on any atom is -0.412 e. The van der Waals surface area contributed by atoms with Gasteiger partial charge in [-0.2, -0.15) is 0 Å². The van der Waals surface area contributed by atoms with Gasteiger partial charge >= 0.3 is 0 Å². The molecular formula is C12H24O12. The Hall–Kier alpha value is -0.480. The third-order valence-electron chi connectivity index (χ3n) is 3.98. The van der Waals surface area contributed by atoms with Crippen molar-refractivity contribution in [2.24, 2.45) is 0 Å². The van der Waals surface area contributed by atoms with Crippen LogP contribution in [-0.2, 0) is 14.2 Å². The summed E-state index contributed by atoms with van der Waals surface area (Å²) < 4.78 is 15.3. The van der Waals surface area contributed by atoms with Gasteiger partial charge in [0.1, 0.15) is 48.8 Å². The molecule has 12 heteroatoms. The first-order valence-corrected chi connectivity index (χ1v) is 7.08. The van der Waals surface area contributed by atoms with Crippen molar-refractivity contribution in [3.8, 4) is 0 Å². The minimum atomic E-state index is -1.74. The smallest absolute Gasteiger partial charge is 0.187 e. The summed E-state index contributed by atoms with van der Waals surface area (Å²) in [6, 6.07) is 0. The van der Waals surface area contributed by atoms with E-state index in [1.807, 2.05) is 0 Å². The molecule has 12 nitrogen and oxygen atoms in total. The van der Waals surface area contributed by atoms with Crippen LogP contribution in [0.15, 0.2) is 0 Å². The average Bonchev–Trinajstić information content (AvgIpc) is 2.55. The lowest BCUT2D eigenvalue weighted by atomic mass is 9.98. The molecule has 144 valence electrons. The molecule has 2 heterocycles. The van der Waals surface area contributed by atoms with Gasteiger partial charge in [0.2, 0.25) is 0 Å². The molecule has 10 N–H and O–H groups in total. The van der Waals surface area contributed by atoms with Crippen molar-refractivity contribution >= 4 is 0 Å². The van der Waals surface area contributed by atoms with Gasteiger partial charge in [0.05, 0.1) is 13.2 Å². The summed E-state index contributed by atoms with van der Waals surface area (Å²) in [5.74, 6) is 0. The van der Waals surface area contributed by atoms with Crippen molar-refractivity contribution in [3.05, 3.63) is 0 Å². The van der Waals surface area contributed by atoms with Gasteiger partial charge in [0.15, 0.2) is 12.6 Å². The summed E-state index contributed by atoms with van der Waals surface area (Å²) in [5, 5.41) is 76.5. The first-order chi connectivity index (χ1) is 10.8. The quantitative estimate of drug-likeness (QED) is 0.220. The van der Waals surface area contributed by atoms with Gasteiger partial charge in [-0.3, -0.25) is 0 Å². The van der Waals surface area contributed by atoms with Crippen LogP contribution in [0, 0.1) is 0 Å². The Kier molecular flexibility index (Phi) is 7.86. The van der Waals surface area contributed by atoms with Crippen LogP contribution in [0.25, 0.3) is 0 Å². The fraction of sp³-hybridized carbons (Fsp3) is 1.00. The highest BCUT2D eigenvalue weighted by molar-refractivity contribution is 4.93. The molecule has 24 heavy (non-hydrogen) atoms. The Bertz CT molecular complexity index is 379. The predicted octanol–water partition coefficient (Wildman–Crippen LogP) is -6.22. The zero-order valence-corrected chi connectivity index (χ0v) is 12.5. The molecule has 1 unspecified atom stereocenters. The number of hydrogen-bond acceptors (Lipinski definition) is 11. The molecular weight excluding hydrogens is 337 g/mol. The summed E-state index contributed by atoms with van der Waals surface area (Å²) in [4.78, 5) is 0. The molecule has 2 aliphatic heterocycles. The number of aliphatic hydroxyl groups is 8. The Morgan fingerprint density at radius 1 is 0.667 bits per heavy atom. The molecule has 0 aromatic rings. The molecule has 10 atom stereocenters. The van der Waals surface area contributed by atoms with Gasteiger partial charge in [0, 0.05) is 0 Å². The summed E-state index contributed by atoms with van der Waals surface area (Å²) in [6.07, 6.45) is -15.6. The lowest BCUT2D eigenvalue weighted by Crippen LogP contribution is -2.64. The third-order valence-corrected chi connectivity index (χ3v) is 3.98. The van der Waals surface area contributed by atoms with Crippen LogP contribution >= 0.6 is 0 Å². The van der Waals surface area contributed by atoms with Crippen LogP contribution in [0.2, 0.25) is 0 Å². The second-order valence-electron chi connectivity index (χ2n) is 5.53. The maximum atomic E-state index is 9.94. The van der Waals surface area contributed by atoms with Gasteiger partial charge in [-0.15, -0.1) is 0 Å². The van der Waals surface area contributed by atoms with E-state index in [9.17, 15) is 35.7 Å². The molecule has 2 aliphatic rings. The normalized spacial score (nSPS) is 49.5. The van der Waals surface area contributed by atoms with Crippen molar-refractivity contribution in [2.45, 2.75) is 61.4 Å². The molecule has 0 amide bonds. The number of hydrogen-bond donors (Lipinski definition) is 8. The zero-order chi connectivity index (χ0) is 17.3. The topological polar surface area (TPSA) is 221 Å². The van der Waals surface area contributed by atoms with Gasteiger partial charge in [-0.25, -0.2) is 0 Å². The molecule has 2 rings (SSSR count). The van der Waals surface area contributed by atoms with Gasteiger partial charge in [-0.05, 0) is 0 Å². The van der Waals surface area contributed by atoms with Crippen LogP contribution in [0.1, 0.15) is 0 Å². The second-order valence-corrected chi connectivity index (χ2v) is 5.53. The van der Waals surface area contributed by atoms with E-state index in [1.165, 1.54) is 0 Å². The molecule has 2 fully saturated rings. The van der Waals surface area contributed by atoms with Crippen molar-refractivity contribution in [3.63, 3.8) is 0 Å². The van der Waals surface area contributed by atoms with Crippen LogP contribution in [0.4, 0.5) is 0 Å². The second kappa shape index (κ2) is 8.75. The fourth-order valence-corrected chi connectivity index (χ4v) is 2.57. The number of ether oxygens (including phenoxy) is 3. The summed E-state index contributed by atoms with van der Waals surface area (Å²) in [7, 11) is 0. The van der Waals surface area contributed by atoms with Crippen molar-refractivity contribution < 1.29 is 60.5 Å². The molecule has 0 spiro atoms. The molecule has 0 aliphatic carbocycles. The molecule has 0 aromatic heterocycles. The Balaban J connectivity index is 0.00000288. The highest BCUT2D eigenvalue weighted by Gasteiger charge is 2.50. The maximum Gasteiger partial charge on any atom is 0.187 e.